The highest BCUT2D eigenvalue weighted by Crippen LogP contribution is 2.26. The summed E-state index contributed by atoms with van der Waals surface area (Å²) in [4.78, 5) is -0.0771. The summed E-state index contributed by atoms with van der Waals surface area (Å²) in [7, 11) is -4.20. The van der Waals surface area contributed by atoms with Crippen molar-refractivity contribution in [1.29, 1.82) is 0 Å². The molecule has 0 radical (unpaired) electrons. The number of hydrogen-bond acceptors (Lipinski definition) is 3. The van der Waals surface area contributed by atoms with Crippen molar-refractivity contribution >= 4 is 10.1 Å². The fraction of sp³-hybridized carbons (Fsp3) is 0.500. The molecule has 0 amide bonds. The maximum atomic E-state index is 11.2. The lowest BCUT2D eigenvalue weighted by Crippen LogP contribution is -2.09. The molecule has 0 saturated heterocycles. The molecular formula is C12H18O4S. The van der Waals surface area contributed by atoms with Gasteiger partial charge >= 0.3 is 0 Å². The first-order chi connectivity index (χ1) is 7.86. The second-order valence-electron chi connectivity index (χ2n) is 4.03. The molecule has 1 rings (SSSR count). The predicted octanol–water partition coefficient (Wildman–Crippen LogP) is 2.73. The Morgan fingerprint density at radius 3 is 2.59 bits per heavy atom. The van der Waals surface area contributed by atoms with E-state index in [0.717, 1.165) is 12.0 Å². The third-order valence-electron chi connectivity index (χ3n) is 2.45. The van der Waals surface area contributed by atoms with Crippen LogP contribution in [-0.4, -0.2) is 19.6 Å². The molecule has 0 fully saturated rings. The topological polar surface area (TPSA) is 63.6 Å². The number of rotatable bonds is 5. The summed E-state index contributed by atoms with van der Waals surface area (Å²) in [6.07, 6.45) is 0.504. The Labute approximate surface area is 102 Å². The zero-order valence-electron chi connectivity index (χ0n) is 10.3. The first-order valence-electron chi connectivity index (χ1n) is 5.56. The molecule has 0 bridgehead atoms. The minimum absolute atomic E-state index is 0.0771. The van der Waals surface area contributed by atoms with Gasteiger partial charge in [0.2, 0.25) is 0 Å². The Morgan fingerprint density at radius 1 is 1.41 bits per heavy atom. The molecule has 0 saturated carbocycles. The van der Waals surface area contributed by atoms with E-state index in [2.05, 4.69) is 0 Å². The van der Waals surface area contributed by atoms with E-state index < -0.39 is 10.1 Å². The average Bonchev–Trinajstić information content (AvgIpc) is 2.24. The highest BCUT2D eigenvalue weighted by Gasteiger charge is 2.19. The SMILES string of the molecule is CCCOC(C)c1cc(C)ccc1S(=O)(=O)O. The zero-order valence-corrected chi connectivity index (χ0v) is 11.1. The Balaban J connectivity index is 3.16. The summed E-state index contributed by atoms with van der Waals surface area (Å²) in [5.41, 5.74) is 1.43. The molecule has 1 N–H and O–H groups in total. The standard InChI is InChI=1S/C12H18O4S/c1-4-7-16-10(3)11-8-9(2)5-6-12(11)17(13,14)15/h5-6,8,10H,4,7H2,1-3H3,(H,13,14,15). The Bertz CT molecular complexity index is 479. The minimum Gasteiger partial charge on any atom is -0.374 e. The van der Waals surface area contributed by atoms with Crippen molar-refractivity contribution in [3.05, 3.63) is 29.3 Å². The summed E-state index contributed by atoms with van der Waals surface area (Å²) in [6.45, 7) is 6.18. The summed E-state index contributed by atoms with van der Waals surface area (Å²) in [5, 5.41) is 0. The average molecular weight is 258 g/mol. The molecule has 1 unspecified atom stereocenters. The molecule has 17 heavy (non-hydrogen) atoms. The van der Waals surface area contributed by atoms with Crippen LogP contribution in [0, 0.1) is 6.92 Å². The number of aryl methyl sites for hydroxylation is 1. The van der Waals surface area contributed by atoms with Crippen molar-refractivity contribution in [2.75, 3.05) is 6.61 Å². The van der Waals surface area contributed by atoms with E-state index in [1.54, 1.807) is 19.1 Å². The van der Waals surface area contributed by atoms with Crippen LogP contribution >= 0.6 is 0 Å². The molecule has 0 spiro atoms. The molecule has 0 aliphatic heterocycles. The Hall–Kier alpha value is -0.910. The molecule has 1 aromatic rings. The van der Waals surface area contributed by atoms with Crippen LogP contribution in [0.4, 0.5) is 0 Å². The molecule has 96 valence electrons. The van der Waals surface area contributed by atoms with E-state index in [4.69, 9.17) is 9.29 Å². The Kier molecular flexibility index (Phi) is 4.68. The molecular weight excluding hydrogens is 240 g/mol. The lowest BCUT2D eigenvalue weighted by Gasteiger charge is -2.16. The predicted molar refractivity (Wildman–Crippen MR) is 65.7 cm³/mol. The van der Waals surface area contributed by atoms with Crippen molar-refractivity contribution in [2.45, 2.75) is 38.2 Å². The third kappa shape index (κ3) is 3.80. The largest absolute Gasteiger partial charge is 0.374 e. The van der Waals surface area contributed by atoms with Gasteiger partial charge in [-0.2, -0.15) is 8.42 Å². The van der Waals surface area contributed by atoms with Gasteiger partial charge in [-0.05, 0) is 26.3 Å². The normalized spacial score (nSPS) is 13.6. The van der Waals surface area contributed by atoms with E-state index in [1.165, 1.54) is 6.07 Å². The van der Waals surface area contributed by atoms with Gasteiger partial charge in [-0.15, -0.1) is 0 Å². The van der Waals surface area contributed by atoms with Crippen LogP contribution in [0.25, 0.3) is 0 Å². The van der Waals surface area contributed by atoms with Gasteiger partial charge in [0.15, 0.2) is 0 Å². The van der Waals surface area contributed by atoms with E-state index in [-0.39, 0.29) is 11.0 Å². The van der Waals surface area contributed by atoms with Gasteiger partial charge in [0.05, 0.1) is 11.0 Å². The lowest BCUT2D eigenvalue weighted by molar-refractivity contribution is 0.0642. The summed E-state index contributed by atoms with van der Waals surface area (Å²) in [5.74, 6) is 0. The molecule has 0 aliphatic rings. The smallest absolute Gasteiger partial charge is 0.294 e. The summed E-state index contributed by atoms with van der Waals surface area (Å²) in [6, 6.07) is 4.79. The molecule has 4 nitrogen and oxygen atoms in total. The fourth-order valence-corrected chi connectivity index (χ4v) is 2.37. The van der Waals surface area contributed by atoms with Crippen LogP contribution in [0.15, 0.2) is 23.1 Å². The van der Waals surface area contributed by atoms with Gasteiger partial charge in [0.1, 0.15) is 0 Å². The number of benzene rings is 1. The van der Waals surface area contributed by atoms with Gasteiger partial charge in [0, 0.05) is 12.2 Å². The van der Waals surface area contributed by atoms with Crippen molar-refractivity contribution < 1.29 is 17.7 Å². The van der Waals surface area contributed by atoms with Gasteiger partial charge in [0.25, 0.3) is 10.1 Å². The second-order valence-corrected chi connectivity index (χ2v) is 5.42. The monoisotopic (exact) mass is 258 g/mol. The summed E-state index contributed by atoms with van der Waals surface area (Å²) < 4.78 is 37.1. The molecule has 1 atom stereocenters. The van der Waals surface area contributed by atoms with E-state index >= 15 is 0 Å². The first kappa shape index (κ1) is 14.2. The first-order valence-corrected chi connectivity index (χ1v) is 7.00. The van der Waals surface area contributed by atoms with Crippen LogP contribution in [0.5, 0.6) is 0 Å². The second kappa shape index (κ2) is 5.62. The third-order valence-corrected chi connectivity index (χ3v) is 3.38. The van der Waals surface area contributed by atoms with Gasteiger partial charge in [-0.1, -0.05) is 24.6 Å². The number of hydrogen-bond donors (Lipinski definition) is 1. The maximum Gasteiger partial charge on any atom is 0.294 e. The van der Waals surface area contributed by atoms with Gasteiger partial charge in [-0.25, -0.2) is 0 Å². The molecule has 0 aliphatic carbocycles. The van der Waals surface area contributed by atoms with Crippen molar-refractivity contribution in [3.63, 3.8) is 0 Å². The van der Waals surface area contributed by atoms with Gasteiger partial charge in [-0.3, -0.25) is 4.55 Å². The maximum absolute atomic E-state index is 11.2. The van der Waals surface area contributed by atoms with E-state index in [9.17, 15) is 8.42 Å². The van der Waals surface area contributed by atoms with Crippen LogP contribution in [-0.2, 0) is 14.9 Å². The van der Waals surface area contributed by atoms with Crippen molar-refractivity contribution in [1.82, 2.24) is 0 Å². The quantitative estimate of drug-likeness (QED) is 0.825. The fourth-order valence-electron chi connectivity index (χ4n) is 1.60. The van der Waals surface area contributed by atoms with Crippen LogP contribution in [0.3, 0.4) is 0 Å². The molecule has 5 heteroatoms. The van der Waals surface area contributed by atoms with Crippen molar-refractivity contribution in [3.8, 4) is 0 Å². The lowest BCUT2D eigenvalue weighted by atomic mass is 10.1. The highest BCUT2D eigenvalue weighted by atomic mass is 32.2. The number of ether oxygens (including phenoxy) is 1. The molecule has 0 heterocycles. The molecule has 0 aromatic heterocycles. The van der Waals surface area contributed by atoms with Crippen LogP contribution in [0.1, 0.15) is 37.5 Å². The van der Waals surface area contributed by atoms with E-state index in [1.807, 2.05) is 13.8 Å². The highest BCUT2D eigenvalue weighted by molar-refractivity contribution is 7.85. The summed E-state index contributed by atoms with van der Waals surface area (Å²) >= 11 is 0. The van der Waals surface area contributed by atoms with E-state index in [0.29, 0.717) is 12.2 Å². The van der Waals surface area contributed by atoms with Crippen LogP contribution in [0.2, 0.25) is 0 Å². The van der Waals surface area contributed by atoms with Crippen LogP contribution < -0.4 is 0 Å². The van der Waals surface area contributed by atoms with Gasteiger partial charge < -0.3 is 4.74 Å². The Morgan fingerprint density at radius 2 is 2.06 bits per heavy atom. The zero-order chi connectivity index (χ0) is 13.1. The molecule has 1 aromatic carbocycles. The van der Waals surface area contributed by atoms with Crippen molar-refractivity contribution in [2.24, 2.45) is 0 Å². The minimum atomic E-state index is -4.20.